The molecule has 208 valence electrons. The molecule has 11 heteroatoms. The molecule has 0 spiro atoms. The fourth-order valence-corrected chi connectivity index (χ4v) is 9.07. The van der Waals surface area contributed by atoms with Crippen molar-refractivity contribution in [1.29, 1.82) is 5.26 Å². The van der Waals surface area contributed by atoms with E-state index in [-0.39, 0.29) is 16.8 Å². The molecule has 0 amide bonds. The highest BCUT2D eigenvalue weighted by Crippen LogP contribution is 2.52. The van der Waals surface area contributed by atoms with Crippen LogP contribution in [0.3, 0.4) is 0 Å². The minimum absolute atomic E-state index is 0.0387. The zero-order valence-electron chi connectivity index (χ0n) is 23.1. The average Bonchev–Trinajstić information content (AvgIpc) is 3.68. The zero-order chi connectivity index (χ0) is 27.1. The molecule has 9 nitrogen and oxygen atoms in total. The third-order valence-electron chi connectivity index (χ3n) is 8.98. The lowest BCUT2D eigenvalue weighted by Crippen LogP contribution is -2.44. The van der Waals surface area contributed by atoms with Crippen molar-refractivity contribution in [3.63, 3.8) is 0 Å². The van der Waals surface area contributed by atoms with Crippen molar-refractivity contribution in [1.82, 2.24) is 20.2 Å². The molecule has 6 rings (SSSR count). The number of rotatable bonds is 6. The summed E-state index contributed by atoms with van der Waals surface area (Å²) in [7, 11) is 2.18. The predicted molar refractivity (Wildman–Crippen MR) is 159 cm³/mol. The number of likely N-dealkylation sites (N-methyl/N-ethyl adjacent to an activating group) is 1. The monoisotopic (exact) mass is 566 g/mol. The van der Waals surface area contributed by atoms with Gasteiger partial charge in [0, 0.05) is 60.3 Å². The average molecular weight is 567 g/mol. The summed E-state index contributed by atoms with van der Waals surface area (Å²) in [6, 6.07) is 4.80. The van der Waals surface area contributed by atoms with Gasteiger partial charge in [0.2, 0.25) is 5.88 Å². The van der Waals surface area contributed by atoms with Crippen LogP contribution in [-0.4, -0.2) is 77.7 Å². The molecule has 39 heavy (non-hydrogen) atoms. The van der Waals surface area contributed by atoms with Crippen molar-refractivity contribution in [2.24, 2.45) is 4.40 Å². The first-order valence-corrected chi connectivity index (χ1v) is 15.8. The Labute approximate surface area is 239 Å². The molecule has 2 fully saturated rings. The number of anilines is 2. The first-order chi connectivity index (χ1) is 18.9. The molecule has 4 atom stereocenters. The van der Waals surface area contributed by atoms with E-state index in [1.165, 1.54) is 11.3 Å². The topological polar surface area (TPSA) is 116 Å². The molecular weight excluding hydrogens is 528 g/mol. The fourth-order valence-electron chi connectivity index (χ4n) is 6.76. The Morgan fingerprint density at radius 1 is 1.26 bits per heavy atom. The van der Waals surface area contributed by atoms with Gasteiger partial charge in [0.25, 0.3) is 0 Å². The summed E-state index contributed by atoms with van der Waals surface area (Å²) >= 11 is 3.20. The summed E-state index contributed by atoms with van der Waals surface area (Å²) in [6.45, 7) is 9.22. The van der Waals surface area contributed by atoms with Gasteiger partial charge in [0.1, 0.15) is 23.0 Å². The molecule has 0 radical (unpaired) electrons. The second kappa shape index (κ2) is 10.9. The van der Waals surface area contributed by atoms with Crippen LogP contribution in [-0.2, 0) is 11.8 Å². The van der Waals surface area contributed by atoms with Gasteiger partial charge in [0.15, 0.2) is 5.82 Å². The van der Waals surface area contributed by atoms with Crippen LogP contribution in [0.15, 0.2) is 10.5 Å². The normalized spacial score (nSPS) is 28.2. The Morgan fingerprint density at radius 2 is 2.08 bits per heavy atom. The smallest absolute Gasteiger partial charge is 0.219 e. The Morgan fingerprint density at radius 3 is 2.82 bits per heavy atom. The van der Waals surface area contributed by atoms with Gasteiger partial charge in [-0.2, -0.15) is 10.2 Å². The predicted octanol–water partition coefficient (Wildman–Crippen LogP) is 3.77. The van der Waals surface area contributed by atoms with E-state index in [1.54, 1.807) is 23.3 Å². The number of fused-ring (bicyclic) bond motifs is 1. The van der Waals surface area contributed by atoms with Crippen molar-refractivity contribution in [2.45, 2.75) is 75.2 Å². The van der Waals surface area contributed by atoms with Gasteiger partial charge in [-0.15, -0.1) is 11.3 Å². The van der Waals surface area contributed by atoms with Gasteiger partial charge in [-0.25, -0.2) is 9.38 Å². The van der Waals surface area contributed by atoms with Crippen LogP contribution in [0.1, 0.15) is 67.8 Å². The lowest BCUT2D eigenvalue weighted by molar-refractivity contribution is 0.117. The number of ether oxygens (including phenoxy) is 1. The standard InChI is InChI=1S/C28H38N8OS2/c1-17(20-6-5-11-35(20)3)37-24-15-23(36-12-9-31-10-13-36)32-27(33-24)19-14-22(39-34-19)28(2)8-4-7-21-25(28)18(16-29)26(30)38-21/h15,17,20,22,31H,4-14,30H2,1-3H3/t17-,20-,22?,28+/m0/s1. The molecule has 0 bridgehead atoms. The van der Waals surface area contributed by atoms with Crippen molar-refractivity contribution < 1.29 is 4.74 Å². The van der Waals surface area contributed by atoms with Crippen molar-refractivity contribution in [3.8, 4) is 11.9 Å². The molecule has 3 N–H and O–H groups in total. The molecule has 1 aliphatic carbocycles. The Kier molecular flexibility index (Phi) is 7.48. The molecule has 0 aromatic carbocycles. The number of aromatic nitrogens is 2. The summed E-state index contributed by atoms with van der Waals surface area (Å²) in [6.07, 6.45) is 6.26. The van der Waals surface area contributed by atoms with E-state index >= 15 is 0 Å². The minimum atomic E-state index is -0.167. The van der Waals surface area contributed by atoms with E-state index in [0.29, 0.717) is 28.3 Å². The number of thiophene rings is 1. The highest BCUT2D eigenvalue weighted by Gasteiger charge is 2.46. The van der Waals surface area contributed by atoms with E-state index < -0.39 is 0 Å². The number of hydrogen-bond acceptors (Lipinski definition) is 11. The van der Waals surface area contributed by atoms with Crippen LogP contribution in [0, 0.1) is 11.3 Å². The quantitative estimate of drug-likeness (QED) is 0.504. The Bertz CT molecular complexity index is 1300. The van der Waals surface area contributed by atoms with Gasteiger partial charge in [-0.3, -0.25) is 4.90 Å². The number of nitrogen functional groups attached to an aromatic ring is 1. The maximum atomic E-state index is 9.92. The molecule has 4 aliphatic rings. The molecule has 1 unspecified atom stereocenters. The summed E-state index contributed by atoms with van der Waals surface area (Å²) in [5.74, 6) is 2.19. The summed E-state index contributed by atoms with van der Waals surface area (Å²) in [5, 5.41) is 14.2. The van der Waals surface area contributed by atoms with Crippen LogP contribution >= 0.6 is 23.3 Å². The van der Waals surface area contributed by atoms with Crippen LogP contribution in [0.25, 0.3) is 0 Å². The number of piperazine rings is 1. The lowest BCUT2D eigenvalue weighted by Gasteiger charge is -2.38. The molecule has 5 heterocycles. The van der Waals surface area contributed by atoms with Gasteiger partial charge in [-0.1, -0.05) is 6.92 Å². The lowest BCUT2D eigenvalue weighted by atomic mass is 9.69. The van der Waals surface area contributed by atoms with E-state index in [1.807, 2.05) is 6.07 Å². The maximum absolute atomic E-state index is 9.92. The second-order valence-electron chi connectivity index (χ2n) is 11.5. The van der Waals surface area contributed by atoms with E-state index in [0.717, 1.165) is 81.9 Å². The van der Waals surface area contributed by atoms with Crippen LogP contribution in [0.2, 0.25) is 0 Å². The number of nitrogens with two attached hydrogens (primary N) is 1. The van der Waals surface area contributed by atoms with Crippen LogP contribution in [0.4, 0.5) is 10.8 Å². The van der Waals surface area contributed by atoms with Crippen LogP contribution < -0.4 is 20.7 Å². The molecular formula is C28H38N8OS2. The first kappa shape index (κ1) is 26.8. The summed E-state index contributed by atoms with van der Waals surface area (Å²) in [5.41, 5.74) is 8.85. The van der Waals surface area contributed by atoms with E-state index in [9.17, 15) is 5.26 Å². The fraction of sp³-hybridized carbons (Fsp3) is 0.643. The van der Waals surface area contributed by atoms with E-state index in [4.69, 9.17) is 24.8 Å². The first-order valence-electron chi connectivity index (χ1n) is 14.1. The number of nitrogens with zero attached hydrogens (tertiary/aromatic N) is 6. The Balaban J connectivity index is 1.28. The summed E-state index contributed by atoms with van der Waals surface area (Å²) < 4.78 is 11.4. The third kappa shape index (κ3) is 5.01. The largest absolute Gasteiger partial charge is 0.473 e. The Hall–Kier alpha value is -2.39. The van der Waals surface area contributed by atoms with Crippen molar-refractivity contribution in [3.05, 3.63) is 27.9 Å². The van der Waals surface area contributed by atoms with Gasteiger partial charge in [0.05, 0.1) is 11.3 Å². The molecule has 3 aliphatic heterocycles. The van der Waals surface area contributed by atoms with Gasteiger partial charge < -0.3 is 20.7 Å². The number of likely N-dealkylation sites (tertiary alicyclic amines) is 1. The van der Waals surface area contributed by atoms with Crippen LogP contribution in [0.5, 0.6) is 5.88 Å². The van der Waals surface area contributed by atoms with Gasteiger partial charge in [-0.05, 0) is 70.1 Å². The van der Waals surface area contributed by atoms with Crippen molar-refractivity contribution >= 4 is 39.8 Å². The van der Waals surface area contributed by atoms with Crippen molar-refractivity contribution in [2.75, 3.05) is 50.4 Å². The highest BCUT2D eigenvalue weighted by atomic mass is 32.2. The number of nitrogens with one attached hydrogen (secondary N) is 1. The number of hydrogen-bond donors (Lipinski definition) is 2. The maximum Gasteiger partial charge on any atom is 0.219 e. The SMILES string of the molecule is C[C@H](Oc1cc(N2CCNCC2)nc(C2=NSC([C@@]3(C)CCCc4sc(N)c(C#N)c43)C2)n1)[C@@H]1CCCN1C. The molecule has 0 saturated carbocycles. The minimum Gasteiger partial charge on any atom is -0.473 e. The molecule has 2 aromatic rings. The third-order valence-corrected chi connectivity index (χ3v) is 11.3. The molecule has 2 aromatic heterocycles. The summed E-state index contributed by atoms with van der Waals surface area (Å²) in [4.78, 5) is 15.9. The second-order valence-corrected chi connectivity index (χ2v) is 13.6. The van der Waals surface area contributed by atoms with Gasteiger partial charge >= 0.3 is 0 Å². The van der Waals surface area contributed by atoms with E-state index in [2.05, 4.69) is 42.1 Å². The highest BCUT2D eigenvalue weighted by molar-refractivity contribution is 7.99. The number of aryl methyl sites for hydroxylation is 1. The molecule has 2 saturated heterocycles. The zero-order valence-corrected chi connectivity index (χ0v) is 24.7. The number of nitriles is 1.